The van der Waals surface area contributed by atoms with E-state index in [0.29, 0.717) is 0 Å². The van der Waals surface area contributed by atoms with E-state index in [2.05, 4.69) is 0 Å². The molecule has 0 unspecified atom stereocenters. The Labute approximate surface area is 66.4 Å². The zero-order valence-electron chi connectivity index (χ0n) is 7.44. The van der Waals surface area contributed by atoms with E-state index in [1.54, 1.807) is 0 Å². The van der Waals surface area contributed by atoms with Crippen molar-refractivity contribution >= 4 is 5.97 Å². The van der Waals surface area contributed by atoms with Crippen molar-refractivity contribution in [2.45, 2.75) is 39.8 Å². The van der Waals surface area contributed by atoms with Crippen molar-refractivity contribution in [3.8, 4) is 0 Å². The highest BCUT2D eigenvalue weighted by atomic mass is 19.1. The molecular weight excluding hydrogens is 147 g/mol. The van der Waals surface area contributed by atoms with Gasteiger partial charge in [-0.1, -0.05) is 0 Å². The van der Waals surface area contributed by atoms with Gasteiger partial charge in [0.15, 0.2) is 0 Å². The molecule has 0 aliphatic heterocycles. The topological polar surface area (TPSA) is 37.3 Å². The number of hydrogen-bond acceptors (Lipinski definition) is 1. The molecule has 0 saturated carbocycles. The fourth-order valence-electron chi connectivity index (χ4n) is 1.13. The van der Waals surface area contributed by atoms with Crippen molar-refractivity contribution in [3.63, 3.8) is 0 Å². The predicted molar refractivity (Wildman–Crippen MR) is 41.2 cm³/mol. The first-order valence-corrected chi connectivity index (χ1v) is 3.57. The lowest BCUT2D eigenvalue weighted by molar-refractivity contribution is -0.149. The van der Waals surface area contributed by atoms with Gasteiger partial charge in [0.2, 0.25) is 0 Å². The molecule has 0 aromatic carbocycles. The molecule has 0 amide bonds. The molecule has 0 heterocycles. The van der Waals surface area contributed by atoms with Crippen LogP contribution in [0.25, 0.3) is 0 Å². The zero-order chi connectivity index (χ0) is 9.28. The third-order valence-electron chi connectivity index (χ3n) is 1.44. The minimum Gasteiger partial charge on any atom is -0.481 e. The second-order valence-corrected chi connectivity index (χ2v) is 4.08. The largest absolute Gasteiger partial charge is 0.481 e. The van der Waals surface area contributed by atoms with E-state index in [1.807, 2.05) is 0 Å². The average molecular weight is 162 g/mol. The summed E-state index contributed by atoms with van der Waals surface area (Å²) in [5.41, 5.74) is -2.39. The smallest absolute Gasteiger partial charge is 0.309 e. The van der Waals surface area contributed by atoms with E-state index in [-0.39, 0.29) is 6.42 Å². The number of aliphatic carboxylic acids is 1. The molecular formula is C8H15FO2. The lowest BCUT2D eigenvalue weighted by atomic mass is 9.83. The number of carboxylic acids is 1. The lowest BCUT2D eigenvalue weighted by Gasteiger charge is -2.25. The van der Waals surface area contributed by atoms with Crippen LogP contribution in [0.4, 0.5) is 4.39 Å². The predicted octanol–water partition coefficient (Wildman–Crippen LogP) is 2.24. The number of alkyl halides is 1. The molecule has 2 nitrogen and oxygen atoms in total. The summed E-state index contributed by atoms with van der Waals surface area (Å²) in [5.74, 6) is -0.955. The van der Waals surface area contributed by atoms with Gasteiger partial charge in [-0.2, -0.15) is 0 Å². The van der Waals surface area contributed by atoms with Gasteiger partial charge in [-0.15, -0.1) is 0 Å². The van der Waals surface area contributed by atoms with Gasteiger partial charge in [0, 0.05) is 0 Å². The van der Waals surface area contributed by atoms with Crippen LogP contribution < -0.4 is 0 Å². The van der Waals surface area contributed by atoms with Gasteiger partial charge < -0.3 is 5.11 Å². The number of halogens is 1. The minimum absolute atomic E-state index is 0.0370. The number of carboxylic acid groups (broad SMARTS) is 1. The van der Waals surface area contributed by atoms with Crippen molar-refractivity contribution in [1.29, 1.82) is 0 Å². The molecule has 1 N–H and O–H groups in total. The van der Waals surface area contributed by atoms with E-state index in [9.17, 15) is 9.18 Å². The van der Waals surface area contributed by atoms with Crippen LogP contribution in [0.1, 0.15) is 34.1 Å². The van der Waals surface area contributed by atoms with Crippen molar-refractivity contribution in [3.05, 3.63) is 0 Å². The number of carbonyl (C=O) groups is 1. The highest BCUT2D eigenvalue weighted by molar-refractivity contribution is 5.73. The van der Waals surface area contributed by atoms with E-state index >= 15 is 0 Å². The maximum atomic E-state index is 13.0. The second kappa shape index (κ2) is 2.80. The van der Waals surface area contributed by atoms with Crippen LogP contribution in [0.15, 0.2) is 0 Å². The summed E-state index contributed by atoms with van der Waals surface area (Å²) in [6.45, 7) is 5.82. The molecule has 0 aliphatic rings. The molecule has 0 aromatic rings. The Morgan fingerprint density at radius 3 is 1.82 bits per heavy atom. The molecule has 11 heavy (non-hydrogen) atoms. The quantitative estimate of drug-likeness (QED) is 0.691. The molecule has 0 aliphatic carbocycles. The van der Waals surface area contributed by atoms with Crippen molar-refractivity contribution in [2.75, 3.05) is 0 Å². The maximum Gasteiger partial charge on any atom is 0.309 e. The first-order chi connectivity index (χ1) is 4.65. The highest BCUT2D eigenvalue weighted by Crippen LogP contribution is 2.30. The second-order valence-electron chi connectivity index (χ2n) is 4.08. The molecule has 0 saturated heterocycles. The number of hydrogen-bond donors (Lipinski definition) is 1. The summed E-state index contributed by atoms with van der Waals surface area (Å²) in [6.07, 6.45) is 0.0370. The van der Waals surface area contributed by atoms with Gasteiger partial charge in [-0.25, -0.2) is 4.39 Å². The third-order valence-corrected chi connectivity index (χ3v) is 1.44. The third kappa shape index (κ3) is 3.96. The minimum atomic E-state index is -1.41. The van der Waals surface area contributed by atoms with Gasteiger partial charge in [0.25, 0.3) is 0 Å². The van der Waals surface area contributed by atoms with E-state index < -0.39 is 17.1 Å². The average Bonchev–Trinajstić information content (AvgIpc) is 1.56. The highest BCUT2D eigenvalue weighted by Gasteiger charge is 2.34. The SMILES string of the molecule is CC(C)(F)CC(C)(C)C(=O)O. The normalized spacial score (nSPS) is 13.2. The van der Waals surface area contributed by atoms with Crippen LogP contribution in [0, 0.1) is 5.41 Å². The Kier molecular flexibility index (Phi) is 2.64. The summed E-state index contributed by atoms with van der Waals surface area (Å²) >= 11 is 0. The molecule has 66 valence electrons. The molecule has 0 rings (SSSR count). The molecule has 0 bridgehead atoms. The summed E-state index contributed by atoms with van der Waals surface area (Å²) in [7, 11) is 0. The Morgan fingerprint density at radius 1 is 1.36 bits per heavy atom. The summed E-state index contributed by atoms with van der Waals surface area (Å²) in [6, 6.07) is 0. The van der Waals surface area contributed by atoms with Gasteiger partial charge in [-0.3, -0.25) is 4.79 Å². The van der Waals surface area contributed by atoms with Crippen molar-refractivity contribution in [1.82, 2.24) is 0 Å². The van der Waals surface area contributed by atoms with Gasteiger partial charge in [-0.05, 0) is 34.1 Å². The Morgan fingerprint density at radius 2 is 1.73 bits per heavy atom. The Bertz CT molecular complexity index is 156. The first kappa shape index (κ1) is 10.4. The summed E-state index contributed by atoms with van der Waals surface area (Å²) in [5, 5.41) is 8.64. The fourth-order valence-corrected chi connectivity index (χ4v) is 1.13. The molecule has 0 aromatic heterocycles. The van der Waals surface area contributed by atoms with Crippen LogP contribution >= 0.6 is 0 Å². The number of rotatable bonds is 3. The van der Waals surface area contributed by atoms with Crippen molar-refractivity contribution in [2.24, 2.45) is 5.41 Å². The first-order valence-electron chi connectivity index (χ1n) is 3.57. The molecule has 0 radical (unpaired) electrons. The fraction of sp³-hybridized carbons (Fsp3) is 0.875. The molecule has 0 fully saturated rings. The van der Waals surface area contributed by atoms with Crippen molar-refractivity contribution < 1.29 is 14.3 Å². The lowest BCUT2D eigenvalue weighted by Crippen LogP contribution is -2.31. The van der Waals surface area contributed by atoms with E-state index in [0.717, 1.165) is 0 Å². The Hall–Kier alpha value is -0.600. The summed E-state index contributed by atoms with van der Waals surface area (Å²) < 4.78 is 13.0. The van der Waals surface area contributed by atoms with Gasteiger partial charge >= 0.3 is 5.97 Å². The molecule has 0 atom stereocenters. The van der Waals surface area contributed by atoms with Crippen LogP contribution in [-0.2, 0) is 4.79 Å². The van der Waals surface area contributed by atoms with Crippen LogP contribution in [0.2, 0.25) is 0 Å². The van der Waals surface area contributed by atoms with Gasteiger partial charge in [0.05, 0.1) is 5.41 Å². The van der Waals surface area contributed by atoms with Crippen LogP contribution in [-0.4, -0.2) is 16.7 Å². The van der Waals surface area contributed by atoms with Gasteiger partial charge in [0.1, 0.15) is 5.67 Å². The standard InChI is InChI=1S/C8H15FO2/c1-7(2,6(10)11)5-8(3,4)9/h5H2,1-4H3,(H,10,11). The Balaban J connectivity index is 4.25. The zero-order valence-corrected chi connectivity index (χ0v) is 7.44. The molecule has 3 heteroatoms. The van der Waals surface area contributed by atoms with E-state index in [1.165, 1.54) is 27.7 Å². The van der Waals surface area contributed by atoms with Crippen LogP contribution in [0.3, 0.4) is 0 Å². The summed E-state index contributed by atoms with van der Waals surface area (Å²) in [4.78, 5) is 10.5. The maximum absolute atomic E-state index is 13.0. The monoisotopic (exact) mass is 162 g/mol. The van der Waals surface area contributed by atoms with E-state index in [4.69, 9.17) is 5.11 Å². The van der Waals surface area contributed by atoms with Crippen LogP contribution in [0.5, 0.6) is 0 Å². The molecule has 0 spiro atoms.